The maximum absolute atomic E-state index is 12.5. The number of amides is 1. The fourth-order valence-electron chi connectivity index (χ4n) is 4.43. The number of rotatable bonds is 10. The summed E-state index contributed by atoms with van der Waals surface area (Å²) < 4.78 is 11.2. The molecule has 1 heterocycles. The summed E-state index contributed by atoms with van der Waals surface area (Å²) in [4.78, 5) is 27.2. The standard InChI is InChI=1S/C26H38N4O4/c1-26(2,3)34-23(31)17-30(20-9-5-4-6-10-20)14-8-7-13-29-25(32)22-16-19-15-18(24(27)28)11-12-21(19)33-22/h11-12,15-16,20H,4-10,13-14,17H2,1-3H3,(H3,27,28)(H,29,32). The molecule has 1 fully saturated rings. The molecule has 1 saturated carbocycles. The van der Waals surface area contributed by atoms with Crippen molar-refractivity contribution in [2.45, 2.75) is 77.4 Å². The van der Waals surface area contributed by atoms with Crippen LogP contribution in [0.2, 0.25) is 0 Å². The number of nitrogen functional groups attached to an aromatic ring is 1. The van der Waals surface area contributed by atoms with Crippen LogP contribution in [-0.2, 0) is 9.53 Å². The van der Waals surface area contributed by atoms with Crippen LogP contribution in [-0.4, -0.2) is 53.9 Å². The molecule has 0 unspecified atom stereocenters. The number of amidine groups is 1. The normalized spacial score (nSPS) is 14.9. The summed E-state index contributed by atoms with van der Waals surface area (Å²) in [5.74, 6) is -0.227. The second kappa shape index (κ2) is 11.5. The molecular weight excluding hydrogens is 432 g/mol. The summed E-state index contributed by atoms with van der Waals surface area (Å²) in [5, 5.41) is 11.2. The zero-order chi connectivity index (χ0) is 24.7. The van der Waals surface area contributed by atoms with E-state index in [9.17, 15) is 9.59 Å². The van der Waals surface area contributed by atoms with Crippen LogP contribution >= 0.6 is 0 Å². The number of benzene rings is 1. The maximum atomic E-state index is 12.5. The van der Waals surface area contributed by atoms with E-state index >= 15 is 0 Å². The molecule has 1 aliphatic rings. The second-order valence-electron chi connectivity index (χ2n) is 10.1. The van der Waals surface area contributed by atoms with Crippen LogP contribution in [0.4, 0.5) is 0 Å². The number of esters is 1. The van der Waals surface area contributed by atoms with Crippen LogP contribution < -0.4 is 11.1 Å². The molecule has 186 valence electrons. The number of carbonyl (C=O) groups excluding carboxylic acids is 2. The van der Waals surface area contributed by atoms with E-state index in [4.69, 9.17) is 20.3 Å². The number of ether oxygens (including phenoxy) is 1. The van der Waals surface area contributed by atoms with Crippen molar-refractivity contribution < 1.29 is 18.7 Å². The Balaban J connectivity index is 1.47. The number of carbonyl (C=O) groups is 2. The van der Waals surface area contributed by atoms with Gasteiger partial charge >= 0.3 is 5.97 Å². The van der Waals surface area contributed by atoms with Gasteiger partial charge in [0, 0.05) is 23.5 Å². The van der Waals surface area contributed by atoms with Gasteiger partial charge in [0.25, 0.3) is 5.91 Å². The third kappa shape index (κ3) is 7.58. The van der Waals surface area contributed by atoms with Gasteiger partial charge in [0.05, 0.1) is 6.54 Å². The number of hydrogen-bond donors (Lipinski definition) is 3. The van der Waals surface area contributed by atoms with Gasteiger partial charge in [0.2, 0.25) is 0 Å². The number of furan rings is 1. The molecule has 8 nitrogen and oxygen atoms in total. The number of nitrogens with one attached hydrogen (secondary N) is 2. The van der Waals surface area contributed by atoms with E-state index in [1.807, 2.05) is 20.8 Å². The van der Waals surface area contributed by atoms with Gasteiger partial charge < -0.3 is 20.2 Å². The number of nitrogens with two attached hydrogens (primary N) is 1. The molecule has 0 aliphatic heterocycles. The van der Waals surface area contributed by atoms with E-state index in [0.29, 0.717) is 30.3 Å². The molecule has 8 heteroatoms. The predicted octanol–water partition coefficient (Wildman–Crippen LogP) is 4.20. The average Bonchev–Trinajstić information content (AvgIpc) is 3.21. The molecule has 1 aliphatic carbocycles. The van der Waals surface area contributed by atoms with Gasteiger partial charge in [0.1, 0.15) is 17.0 Å². The Morgan fingerprint density at radius 3 is 2.59 bits per heavy atom. The molecule has 0 atom stereocenters. The van der Waals surface area contributed by atoms with E-state index in [1.54, 1.807) is 24.3 Å². The highest BCUT2D eigenvalue weighted by atomic mass is 16.6. The largest absolute Gasteiger partial charge is 0.459 e. The van der Waals surface area contributed by atoms with Crippen molar-refractivity contribution in [1.29, 1.82) is 5.41 Å². The van der Waals surface area contributed by atoms with Crippen molar-refractivity contribution in [3.8, 4) is 0 Å². The van der Waals surface area contributed by atoms with Crippen molar-refractivity contribution in [2.24, 2.45) is 5.73 Å². The Morgan fingerprint density at radius 1 is 1.18 bits per heavy atom. The molecule has 0 spiro atoms. The highest BCUT2D eigenvalue weighted by Crippen LogP contribution is 2.24. The SMILES string of the molecule is CC(C)(C)OC(=O)CN(CCCCNC(=O)c1cc2cc(C(=N)N)ccc2o1)C1CCCCC1. The van der Waals surface area contributed by atoms with Crippen molar-refractivity contribution >= 4 is 28.7 Å². The predicted molar refractivity (Wildman–Crippen MR) is 133 cm³/mol. The summed E-state index contributed by atoms with van der Waals surface area (Å²) in [6.07, 6.45) is 7.60. The summed E-state index contributed by atoms with van der Waals surface area (Å²) in [6, 6.07) is 7.25. The molecule has 0 saturated heterocycles. The first kappa shape index (κ1) is 25.7. The molecular formula is C26H38N4O4. The Hall–Kier alpha value is -2.87. The Bertz CT molecular complexity index is 1000. The third-order valence-corrected chi connectivity index (χ3v) is 6.05. The monoisotopic (exact) mass is 470 g/mol. The van der Waals surface area contributed by atoms with Gasteiger partial charge in [0.15, 0.2) is 5.76 Å². The van der Waals surface area contributed by atoms with Crippen molar-refractivity contribution in [1.82, 2.24) is 10.2 Å². The minimum absolute atomic E-state index is 0.0250. The molecule has 4 N–H and O–H groups in total. The summed E-state index contributed by atoms with van der Waals surface area (Å²) >= 11 is 0. The zero-order valence-electron chi connectivity index (χ0n) is 20.6. The van der Waals surface area contributed by atoms with E-state index in [0.717, 1.165) is 37.6 Å². The van der Waals surface area contributed by atoms with Gasteiger partial charge in [-0.05, 0) is 77.3 Å². The Kier molecular flexibility index (Phi) is 8.72. The first-order chi connectivity index (χ1) is 16.1. The van der Waals surface area contributed by atoms with Gasteiger partial charge in [-0.25, -0.2) is 0 Å². The van der Waals surface area contributed by atoms with Crippen LogP contribution in [0.15, 0.2) is 28.7 Å². The van der Waals surface area contributed by atoms with E-state index in [-0.39, 0.29) is 23.5 Å². The minimum atomic E-state index is -0.482. The van der Waals surface area contributed by atoms with E-state index in [2.05, 4.69) is 10.2 Å². The summed E-state index contributed by atoms with van der Waals surface area (Å²) in [7, 11) is 0. The first-order valence-electron chi connectivity index (χ1n) is 12.2. The number of fused-ring (bicyclic) bond motifs is 1. The molecule has 1 amide bonds. The topological polar surface area (TPSA) is 122 Å². The number of nitrogens with zero attached hydrogens (tertiary/aromatic N) is 1. The third-order valence-electron chi connectivity index (χ3n) is 6.05. The Morgan fingerprint density at radius 2 is 1.91 bits per heavy atom. The summed E-state index contributed by atoms with van der Waals surface area (Å²) in [6.45, 7) is 7.32. The molecule has 2 aromatic rings. The second-order valence-corrected chi connectivity index (χ2v) is 10.1. The molecule has 3 rings (SSSR count). The van der Waals surface area contributed by atoms with Gasteiger partial charge in [-0.3, -0.25) is 19.9 Å². The molecule has 0 radical (unpaired) electrons. The fourth-order valence-corrected chi connectivity index (χ4v) is 4.43. The van der Waals surface area contributed by atoms with Crippen LogP contribution in [0, 0.1) is 5.41 Å². The molecule has 1 aromatic heterocycles. The van der Waals surface area contributed by atoms with Crippen LogP contribution in [0.3, 0.4) is 0 Å². The smallest absolute Gasteiger partial charge is 0.320 e. The van der Waals surface area contributed by atoms with Crippen molar-refractivity contribution in [3.63, 3.8) is 0 Å². The minimum Gasteiger partial charge on any atom is -0.459 e. The number of unbranched alkanes of at least 4 members (excludes halogenated alkanes) is 1. The van der Waals surface area contributed by atoms with Crippen molar-refractivity contribution in [2.75, 3.05) is 19.6 Å². The van der Waals surface area contributed by atoms with Gasteiger partial charge in [-0.1, -0.05) is 19.3 Å². The van der Waals surface area contributed by atoms with Gasteiger partial charge in [-0.2, -0.15) is 0 Å². The number of hydrogen-bond acceptors (Lipinski definition) is 6. The zero-order valence-corrected chi connectivity index (χ0v) is 20.6. The Labute approximate surface area is 201 Å². The van der Waals surface area contributed by atoms with Gasteiger partial charge in [-0.15, -0.1) is 0 Å². The van der Waals surface area contributed by atoms with Crippen LogP contribution in [0.5, 0.6) is 0 Å². The lowest BCUT2D eigenvalue weighted by atomic mass is 9.94. The molecule has 0 bridgehead atoms. The first-order valence-corrected chi connectivity index (χ1v) is 12.2. The highest BCUT2D eigenvalue weighted by Gasteiger charge is 2.25. The highest BCUT2D eigenvalue weighted by molar-refractivity contribution is 6.00. The fraction of sp³-hybridized carbons (Fsp3) is 0.577. The van der Waals surface area contributed by atoms with Crippen LogP contribution in [0.1, 0.15) is 81.8 Å². The lowest BCUT2D eigenvalue weighted by Gasteiger charge is -2.34. The maximum Gasteiger partial charge on any atom is 0.320 e. The molecule has 34 heavy (non-hydrogen) atoms. The lowest BCUT2D eigenvalue weighted by molar-refractivity contribution is -0.157. The lowest BCUT2D eigenvalue weighted by Crippen LogP contribution is -2.43. The van der Waals surface area contributed by atoms with E-state index in [1.165, 1.54) is 19.3 Å². The quantitative estimate of drug-likeness (QED) is 0.207. The van der Waals surface area contributed by atoms with E-state index < -0.39 is 5.60 Å². The van der Waals surface area contributed by atoms with Crippen LogP contribution in [0.25, 0.3) is 11.0 Å². The summed E-state index contributed by atoms with van der Waals surface area (Å²) in [5.41, 5.74) is 6.23. The average molecular weight is 471 g/mol. The van der Waals surface area contributed by atoms with Crippen molar-refractivity contribution in [3.05, 3.63) is 35.6 Å². The molecule has 1 aromatic carbocycles.